The summed E-state index contributed by atoms with van der Waals surface area (Å²) in [4.78, 5) is 23.8. The number of thiophene rings is 1. The molecule has 1 aliphatic rings. The predicted octanol–water partition coefficient (Wildman–Crippen LogP) is 3.38. The number of hydrogen-bond donors (Lipinski definition) is 0. The van der Waals surface area contributed by atoms with Gasteiger partial charge in [-0.15, -0.1) is 11.3 Å². The Labute approximate surface area is 166 Å². The smallest absolute Gasteiger partial charge is 0.264 e. The number of carbonyl (C=O) groups is 1. The first-order valence-electron chi connectivity index (χ1n) is 9.75. The van der Waals surface area contributed by atoms with Gasteiger partial charge in [-0.3, -0.25) is 14.7 Å². The highest BCUT2D eigenvalue weighted by molar-refractivity contribution is 7.14. The summed E-state index contributed by atoms with van der Waals surface area (Å²) in [5.41, 5.74) is 2.40. The third-order valence-electron chi connectivity index (χ3n) is 5.03. The molecule has 27 heavy (non-hydrogen) atoms. The minimum Gasteiger partial charge on any atom is -0.379 e. The summed E-state index contributed by atoms with van der Waals surface area (Å²) in [5, 5.41) is 0. The van der Waals surface area contributed by atoms with Crippen molar-refractivity contribution in [2.75, 3.05) is 39.4 Å². The highest BCUT2D eigenvalue weighted by Gasteiger charge is 2.20. The van der Waals surface area contributed by atoms with E-state index in [0.29, 0.717) is 6.54 Å². The molecule has 146 valence electrons. The van der Waals surface area contributed by atoms with Crippen molar-refractivity contribution in [2.24, 2.45) is 0 Å². The van der Waals surface area contributed by atoms with Crippen molar-refractivity contribution in [1.29, 1.82) is 0 Å². The Morgan fingerprint density at radius 3 is 2.70 bits per heavy atom. The van der Waals surface area contributed by atoms with Crippen LogP contribution >= 0.6 is 11.3 Å². The van der Waals surface area contributed by atoms with Crippen LogP contribution in [0.4, 0.5) is 0 Å². The van der Waals surface area contributed by atoms with Gasteiger partial charge in [0, 0.05) is 50.0 Å². The van der Waals surface area contributed by atoms with Crippen molar-refractivity contribution in [1.82, 2.24) is 14.8 Å². The first-order chi connectivity index (χ1) is 13.2. The molecule has 0 unspecified atom stereocenters. The molecule has 0 bridgehead atoms. The topological polar surface area (TPSA) is 45.7 Å². The van der Waals surface area contributed by atoms with Gasteiger partial charge in [0.05, 0.1) is 18.1 Å². The van der Waals surface area contributed by atoms with Crippen molar-refractivity contribution >= 4 is 17.2 Å². The first-order valence-corrected chi connectivity index (χ1v) is 10.6. The van der Waals surface area contributed by atoms with Gasteiger partial charge in [-0.25, -0.2) is 0 Å². The molecule has 3 rings (SSSR count). The quantitative estimate of drug-likeness (QED) is 0.697. The summed E-state index contributed by atoms with van der Waals surface area (Å²) < 4.78 is 5.42. The largest absolute Gasteiger partial charge is 0.379 e. The zero-order valence-corrected chi connectivity index (χ0v) is 17.1. The monoisotopic (exact) mass is 387 g/mol. The maximum Gasteiger partial charge on any atom is 0.264 e. The van der Waals surface area contributed by atoms with Gasteiger partial charge in [-0.1, -0.05) is 6.92 Å². The van der Waals surface area contributed by atoms with Gasteiger partial charge in [-0.2, -0.15) is 0 Å². The summed E-state index contributed by atoms with van der Waals surface area (Å²) in [6.45, 7) is 10.2. The van der Waals surface area contributed by atoms with E-state index in [9.17, 15) is 4.79 Å². The Bertz CT molecular complexity index is 726. The normalized spacial score (nSPS) is 15.0. The minimum absolute atomic E-state index is 0.140. The summed E-state index contributed by atoms with van der Waals surface area (Å²) in [6.07, 6.45) is 5.52. The van der Waals surface area contributed by atoms with Crippen LogP contribution in [-0.4, -0.2) is 60.1 Å². The fourth-order valence-electron chi connectivity index (χ4n) is 3.40. The van der Waals surface area contributed by atoms with Crippen LogP contribution in [0.25, 0.3) is 0 Å². The molecule has 0 atom stereocenters. The van der Waals surface area contributed by atoms with E-state index in [1.54, 1.807) is 23.7 Å². The van der Waals surface area contributed by atoms with E-state index in [4.69, 9.17) is 4.74 Å². The summed E-state index contributed by atoms with van der Waals surface area (Å²) in [6, 6.07) is 6.04. The van der Waals surface area contributed by atoms with Gasteiger partial charge in [0.2, 0.25) is 0 Å². The van der Waals surface area contributed by atoms with Crippen LogP contribution in [0, 0.1) is 6.92 Å². The van der Waals surface area contributed by atoms with E-state index in [1.807, 2.05) is 17.0 Å². The van der Waals surface area contributed by atoms with Gasteiger partial charge in [0.1, 0.15) is 0 Å². The number of carbonyl (C=O) groups excluding carboxylic acids is 1. The van der Waals surface area contributed by atoms with E-state index < -0.39 is 0 Å². The van der Waals surface area contributed by atoms with Crippen LogP contribution < -0.4 is 0 Å². The van der Waals surface area contributed by atoms with Gasteiger partial charge < -0.3 is 9.64 Å². The fraction of sp³-hybridized carbons (Fsp3) is 0.524. The Morgan fingerprint density at radius 1 is 1.30 bits per heavy atom. The number of amides is 1. The van der Waals surface area contributed by atoms with Gasteiger partial charge in [0.25, 0.3) is 5.91 Å². The van der Waals surface area contributed by atoms with E-state index in [0.717, 1.165) is 62.7 Å². The van der Waals surface area contributed by atoms with Crippen LogP contribution in [0.2, 0.25) is 0 Å². The molecule has 1 aliphatic heterocycles. The molecular weight excluding hydrogens is 358 g/mol. The van der Waals surface area contributed by atoms with Crippen LogP contribution in [0.5, 0.6) is 0 Å². The van der Waals surface area contributed by atoms with E-state index in [1.165, 1.54) is 10.4 Å². The second-order valence-electron chi connectivity index (χ2n) is 6.94. The molecule has 6 heteroatoms. The zero-order chi connectivity index (χ0) is 19.1. The van der Waals surface area contributed by atoms with Crippen LogP contribution in [0.1, 0.15) is 39.0 Å². The summed E-state index contributed by atoms with van der Waals surface area (Å²) >= 11 is 1.62. The van der Waals surface area contributed by atoms with Crippen molar-refractivity contribution in [3.8, 4) is 0 Å². The molecule has 5 nitrogen and oxygen atoms in total. The summed E-state index contributed by atoms with van der Waals surface area (Å²) in [7, 11) is 0. The molecule has 0 aromatic carbocycles. The lowest BCUT2D eigenvalue weighted by atomic mass is 10.2. The Morgan fingerprint density at radius 2 is 2.04 bits per heavy atom. The maximum absolute atomic E-state index is 13.2. The van der Waals surface area contributed by atoms with Crippen LogP contribution in [0.3, 0.4) is 0 Å². The molecular formula is C21H29N3O2S. The SMILES string of the molecule is CCc1cc(C(=O)N(CCCN2CCOCC2)Cc2ccncc2)sc1C. The highest BCUT2D eigenvalue weighted by Crippen LogP contribution is 2.24. The molecule has 3 heterocycles. The first kappa shape index (κ1) is 20.0. The molecule has 2 aromatic rings. The standard InChI is InChI=1S/C21H29N3O2S/c1-3-19-15-20(27-17(19)2)21(25)24(16-18-5-7-22-8-6-18)10-4-9-23-11-13-26-14-12-23/h5-8,15H,3-4,9-14,16H2,1-2H3. The molecule has 1 saturated heterocycles. The van der Waals surface area contributed by atoms with Crippen molar-refractivity contribution in [3.63, 3.8) is 0 Å². The average Bonchev–Trinajstić information content (AvgIpc) is 3.09. The third-order valence-corrected chi connectivity index (χ3v) is 6.11. The zero-order valence-electron chi connectivity index (χ0n) is 16.3. The summed E-state index contributed by atoms with van der Waals surface area (Å²) in [5.74, 6) is 0.140. The number of pyridine rings is 1. The van der Waals surface area contributed by atoms with Crippen molar-refractivity contribution in [3.05, 3.63) is 51.5 Å². The lowest BCUT2D eigenvalue weighted by molar-refractivity contribution is 0.0356. The number of ether oxygens (including phenoxy) is 1. The number of aromatic nitrogens is 1. The molecule has 2 aromatic heterocycles. The lowest BCUT2D eigenvalue weighted by Gasteiger charge is -2.28. The highest BCUT2D eigenvalue weighted by atomic mass is 32.1. The van der Waals surface area contributed by atoms with Crippen LogP contribution in [-0.2, 0) is 17.7 Å². The van der Waals surface area contributed by atoms with E-state index >= 15 is 0 Å². The molecule has 0 spiro atoms. The predicted molar refractivity (Wildman–Crippen MR) is 109 cm³/mol. The molecule has 0 N–H and O–H groups in total. The molecule has 1 amide bonds. The second kappa shape index (κ2) is 9.97. The maximum atomic E-state index is 13.2. The van der Waals surface area contributed by atoms with Gasteiger partial charge in [-0.05, 0) is 49.1 Å². The van der Waals surface area contributed by atoms with Crippen molar-refractivity contribution in [2.45, 2.75) is 33.2 Å². The number of hydrogen-bond acceptors (Lipinski definition) is 5. The molecule has 1 fully saturated rings. The molecule has 0 saturated carbocycles. The Balaban J connectivity index is 1.67. The number of morpholine rings is 1. The molecule has 0 aliphatic carbocycles. The Hall–Kier alpha value is -1.76. The van der Waals surface area contributed by atoms with Crippen LogP contribution in [0.15, 0.2) is 30.6 Å². The fourth-order valence-corrected chi connectivity index (χ4v) is 4.48. The van der Waals surface area contributed by atoms with Crippen molar-refractivity contribution < 1.29 is 9.53 Å². The van der Waals surface area contributed by atoms with E-state index in [-0.39, 0.29) is 5.91 Å². The van der Waals surface area contributed by atoms with E-state index in [2.05, 4.69) is 29.8 Å². The van der Waals surface area contributed by atoms with Gasteiger partial charge >= 0.3 is 0 Å². The number of aryl methyl sites for hydroxylation is 2. The number of rotatable bonds is 8. The van der Waals surface area contributed by atoms with Gasteiger partial charge in [0.15, 0.2) is 0 Å². The average molecular weight is 388 g/mol. The molecule has 0 radical (unpaired) electrons. The third kappa shape index (κ3) is 5.61. The minimum atomic E-state index is 0.140. The number of nitrogens with zero attached hydrogens (tertiary/aromatic N) is 3. The Kier molecular flexibility index (Phi) is 7.38. The second-order valence-corrected chi connectivity index (χ2v) is 8.19. The lowest BCUT2D eigenvalue weighted by Crippen LogP contribution is -2.39.